The van der Waals surface area contributed by atoms with Crippen LogP contribution in [0.4, 0.5) is 5.69 Å². The molecule has 0 saturated heterocycles. The van der Waals surface area contributed by atoms with Gasteiger partial charge in [0, 0.05) is 24.5 Å². The molecule has 4 rings (SSSR count). The van der Waals surface area contributed by atoms with Gasteiger partial charge in [0.1, 0.15) is 12.6 Å². The second-order valence-electron chi connectivity index (χ2n) is 10.9. The van der Waals surface area contributed by atoms with Crippen molar-refractivity contribution in [1.29, 1.82) is 0 Å². The van der Waals surface area contributed by atoms with E-state index in [9.17, 15) is 18.0 Å². The van der Waals surface area contributed by atoms with Gasteiger partial charge in [0.15, 0.2) is 0 Å². The number of hydrogen-bond donors (Lipinski definition) is 1. The molecule has 0 radical (unpaired) electrons. The van der Waals surface area contributed by atoms with Crippen molar-refractivity contribution < 1.29 is 18.0 Å². The first kappa shape index (κ1) is 35.3. The molecular formula is C35H36Cl3N3O4S. The molecule has 0 fully saturated rings. The van der Waals surface area contributed by atoms with E-state index in [-0.39, 0.29) is 39.5 Å². The summed E-state index contributed by atoms with van der Waals surface area (Å²) in [4.78, 5) is 29.8. The second kappa shape index (κ2) is 16.3. The highest BCUT2D eigenvalue weighted by Crippen LogP contribution is 2.36. The topological polar surface area (TPSA) is 86.8 Å². The number of rotatable bonds is 14. The lowest BCUT2D eigenvalue weighted by Crippen LogP contribution is -2.53. The first-order valence-electron chi connectivity index (χ1n) is 14.9. The van der Waals surface area contributed by atoms with E-state index in [1.54, 1.807) is 42.5 Å². The Labute approximate surface area is 286 Å². The van der Waals surface area contributed by atoms with Gasteiger partial charge in [-0.1, -0.05) is 120 Å². The molecular weight excluding hydrogens is 665 g/mol. The molecule has 0 aliphatic rings. The lowest BCUT2D eigenvalue weighted by molar-refractivity contribution is -0.140. The highest BCUT2D eigenvalue weighted by atomic mass is 35.5. The zero-order valence-electron chi connectivity index (χ0n) is 25.6. The third-order valence-corrected chi connectivity index (χ3v) is 10.4. The minimum atomic E-state index is -4.33. The number of nitrogens with one attached hydrogen (secondary N) is 1. The van der Waals surface area contributed by atoms with E-state index >= 15 is 0 Å². The molecule has 11 heteroatoms. The molecule has 1 atom stereocenters. The fourth-order valence-corrected chi connectivity index (χ4v) is 6.98. The molecule has 0 aliphatic heterocycles. The Bertz CT molecular complexity index is 1750. The number of unbranched alkanes of at least 4 members (excludes halogenated alkanes) is 1. The summed E-state index contributed by atoms with van der Waals surface area (Å²) in [6.45, 7) is 3.59. The van der Waals surface area contributed by atoms with Crippen molar-refractivity contribution in [3.63, 3.8) is 0 Å². The SMILES string of the molecule is CCCCNC(=O)[C@H](Cc1ccccc1)N(Cc1ccccc1Cl)C(=O)CN(c1cccc(Cl)c1Cl)S(=O)(=O)c1ccc(C)cc1. The number of amides is 2. The summed E-state index contributed by atoms with van der Waals surface area (Å²) in [5, 5.41) is 3.48. The largest absolute Gasteiger partial charge is 0.354 e. The van der Waals surface area contributed by atoms with Crippen molar-refractivity contribution in [2.75, 3.05) is 17.4 Å². The average Bonchev–Trinajstić information content (AvgIpc) is 3.04. The predicted molar refractivity (Wildman–Crippen MR) is 186 cm³/mol. The van der Waals surface area contributed by atoms with Crippen LogP contribution in [0.15, 0.2) is 102 Å². The smallest absolute Gasteiger partial charge is 0.264 e. The number of carbonyl (C=O) groups is 2. The van der Waals surface area contributed by atoms with Gasteiger partial charge < -0.3 is 10.2 Å². The second-order valence-corrected chi connectivity index (χ2v) is 13.9. The zero-order valence-corrected chi connectivity index (χ0v) is 28.7. The highest BCUT2D eigenvalue weighted by Gasteiger charge is 2.35. The summed E-state index contributed by atoms with van der Waals surface area (Å²) >= 11 is 19.4. The molecule has 0 bridgehead atoms. The van der Waals surface area contributed by atoms with E-state index in [0.29, 0.717) is 17.1 Å². The van der Waals surface area contributed by atoms with Gasteiger partial charge in [0.2, 0.25) is 11.8 Å². The minimum absolute atomic E-state index is 0.0246. The number of hydrogen-bond acceptors (Lipinski definition) is 4. The maximum Gasteiger partial charge on any atom is 0.264 e. The molecule has 46 heavy (non-hydrogen) atoms. The van der Waals surface area contributed by atoms with Crippen LogP contribution in [0, 0.1) is 6.92 Å². The first-order chi connectivity index (χ1) is 22.0. The summed E-state index contributed by atoms with van der Waals surface area (Å²) in [6.07, 6.45) is 1.83. The fraction of sp³-hybridized carbons (Fsp3) is 0.257. The molecule has 0 saturated carbocycles. The maximum absolute atomic E-state index is 14.6. The van der Waals surface area contributed by atoms with Crippen molar-refractivity contribution in [2.24, 2.45) is 0 Å². The molecule has 242 valence electrons. The minimum Gasteiger partial charge on any atom is -0.354 e. The molecule has 2 amide bonds. The van der Waals surface area contributed by atoms with Gasteiger partial charge in [-0.2, -0.15) is 0 Å². The van der Waals surface area contributed by atoms with Crippen molar-refractivity contribution >= 4 is 62.3 Å². The summed E-state index contributed by atoms with van der Waals surface area (Å²) < 4.78 is 29.3. The summed E-state index contributed by atoms with van der Waals surface area (Å²) in [5.74, 6) is -0.982. The standard InChI is InChI=1S/C35H36Cl3N3O4S/c1-3-4-21-39-35(43)32(22-26-11-6-5-7-12-26)40(23-27-13-8-9-14-29(27)36)33(42)24-41(31-16-10-15-30(37)34(31)38)46(44,45)28-19-17-25(2)18-20-28/h5-20,32H,3-4,21-24H2,1-2H3,(H,39,43)/t32-/m0/s1. The summed E-state index contributed by atoms with van der Waals surface area (Å²) in [7, 11) is -4.33. The fourth-order valence-electron chi connectivity index (χ4n) is 4.91. The average molecular weight is 701 g/mol. The van der Waals surface area contributed by atoms with Gasteiger partial charge in [-0.15, -0.1) is 0 Å². The Morgan fingerprint density at radius 1 is 0.826 bits per heavy atom. The van der Waals surface area contributed by atoms with Crippen molar-refractivity contribution in [1.82, 2.24) is 10.2 Å². The van der Waals surface area contributed by atoms with Crippen LogP contribution in [0.5, 0.6) is 0 Å². The number of halogens is 3. The van der Waals surface area contributed by atoms with Crippen molar-refractivity contribution in [3.05, 3.63) is 129 Å². The number of nitrogens with zero attached hydrogens (tertiary/aromatic N) is 2. The Hall–Kier alpha value is -3.56. The van der Waals surface area contributed by atoms with Crippen LogP contribution in [0.25, 0.3) is 0 Å². The molecule has 4 aromatic rings. The molecule has 1 N–H and O–H groups in total. The van der Waals surface area contributed by atoms with Crippen LogP contribution < -0.4 is 9.62 Å². The maximum atomic E-state index is 14.6. The van der Waals surface area contributed by atoms with Gasteiger partial charge in [-0.25, -0.2) is 8.42 Å². The number of carbonyl (C=O) groups excluding carboxylic acids is 2. The quantitative estimate of drug-likeness (QED) is 0.137. The van der Waals surface area contributed by atoms with Crippen LogP contribution in [0.2, 0.25) is 15.1 Å². The lowest BCUT2D eigenvalue weighted by Gasteiger charge is -2.34. The summed E-state index contributed by atoms with van der Waals surface area (Å²) in [5.41, 5.74) is 2.33. The number of sulfonamides is 1. The Morgan fingerprint density at radius 3 is 2.15 bits per heavy atom. The highest BCUT2D eigenvalue weighted by molar-refractivity contribution is 7.92. The molecule has 0 spiro atoms. The van der Waals surface area contributed by atoms with Crippen LogP contribution in [-0.4, -0.2) is 44.3 Å². The summed E-state index contributed by atoms with van der Waals surface area (Å²) in [6, 6.07) is 26.3. The number of aryl methyl sites for hydroxylation is 1. The normalized spacial score (nSPS) is 11.9. The van der Waals surface area contributed by atoms with E-state index in [1.165, 1.54) is 29.2 Å². The van der Waals surface area contributed by atoms with Crippen LogP contribution in [0.1, 0.15) is 36.5 Å². The molecule has 0 aliphatic carbocycles. The lowest BCUT2D eigenvalue weighted by atomic mass is 10.0. The van der Waals surface area contributed by atoms with Crippen molar-refractivity contribution in [2.45, 2.75) is 50.6 Å². The molecule has 7 nitrogen and oxygen atoms in total. The molecule has 0 unspecified atom stereocenters. The van der Waals surface area contributed by atoms with Gasteiger partial charge in [0.05, 0.1) is 20.6 Å². The number of benzene rings is 4. The van der Waals surface area contributed by atoms with E-state index in [1.807, 2.05) is 44.2 Å². The van der Waals surface area contributed by atoms with E-state index in [2.05, 4.69) is 5.32 Å². The molecule has 0 aromatic heterocycles. The van der Waals surface area contributed by atoms with Gasteiger partial charge in [-0.05, 0) is 54.8 Å². The van der Waals surface area contributed by atoms with E-state index in [4.69, 9.17) is 34.8 Å². The monoisotopic (exact) mass is 699 g/mol. The number of anilines is 1. The molecule has 4 aromatic carbocycles. The van der Waals surface area contributed by atoms with Gasteiger partial charge in [-0.3, -0.25) is 13.9 Å². The van der Waals surface area contributed by atoms with E-state index < -0.39 is 28.5 Å². The van der Waals surface area contributed by atoms with Gasteiger partial charge in [0.25, 0.3) is 10.0 Å². The van der Waals surface area contributed by atoms with Gasteiger partial charge >= 0.3 is 0 Å². The van der Waals surface area contributed by atoms with Crippen LogP contribution in [-0.2, 0) is 32.6 Å². The third kappa shape index (κ3) is 8.82. The third-order valence-electron chi connectivity index (χ3n) is 7.49. The zero-order chi connectivity index (χ0) is 33.3. The molecule has 0 heterocycles. The van der Waals surface area contributed by atoms with Crippen LogP contribution in [0.3, 0.4) is 0 Å². The van der Waals surface area contributed by atoms with Crippen LogP contribution >= 0.6 is 34.8 Å². The first-order valence-corrected chi connectivity index (χ1v) is 17.5. The Kier molecular flexibility index (Phi) is 12.5. The Morgan fingerprint density at radius 2 is 1.48 bits per heavy atom. The predicted octanol–water partition coefficient (Wildman–Crippen LogP) is 7.71. The van der Waals surface area contributed by atoms with Crippen molar-refractivity contribution in [3.8, 4) is 0 Å². The van der Waals surface area contributed by atoms with E-state index in [0.717, 1.165) is 28.3 Å². The Balaban J connectivity index is 1.83.